The highest BCUT2D eigenvalue weighted by atomic mass is 32.2. The molecule has 1 rings (SSSR count). The molecule has 0 unspecified atom stereocenters. The molecular weight excluding hydrogens is 278 g/mol. The molecule has 0 aliphatic heterocycles. The van der Waals surface area contributed by atoms with E-state index in [1.165, 1.54) is 35.5 Å². The monoisotopic (exact) mass is 299 g/mol. The fourth-order valence-electron chi connectivity index (χ4n) is 1.77. The Morgan fingerprint density at radius 3 is 2.25 bits per heavy atom. The summed E-state index contributed by atoms with van der Waals surface area (Å²) >= 11 is 0. The number of nitrogens with zero attached hydrogens (tertiary/aromatic N) is 1. The van der Waals surface area contributed by atoms with Gasteiger partial charge in [0.25, 0.3) is 0 Å². The lowest BCUT2D eigenvalue weighted by atomic mass is 10.2. The van der Waals surface area contributed by atoms with E-state index >= 15 is 0 Å². The molecule has 0 heterocycles. The van der Waals surface area contributed by atoms with Crippen LogP contribution in [0.15, 0.2) is 29.2 Å². The number of sulfonamides is 1. The molecule has 0 spiro atoms. The Hall–Kier alpha value is -1.24. The molecule has 1 aromatic carbocycles. The van der Waals surface area contributed by atoms with Gasteiger partial charge < -0.3 is 4.74 Å². The number of ketones is 1. The van der Waals surface area contributed by atoms with E-state index in [0.717, 1.165) is 0 Å². The van der Waals surface area contributed by atoms with Crippen LogP contribution >= 0.6 is 0 Å². The second-order valence-electron chi connectivity index (χ2n) is 4.27. The molecule has 1 aromatic rings. The second-order valence-corrected chi connectivity index (χ2v) is 6.21. The molecule has 112 valence electrons. The Labute approximate surface area is 120 Å². The fourth-order valence-corrected chi connectivity index (χ4v) is 3.20. The highest BCUT2D eigenvalue weighted by Gasteiger charge is 2.22. The lowest BCUT2D eigenvalue weighted by molar-refractivity contribution is 0.101. The molecule has 0 aliphatic rings. The van der Waals surface area contributed by atoms with Gasteiger partial charge in [-0.2, -0.15) is 4.31 Å². The van der Waals surface area contributed by atoms with Crippen LogP contribution in [0.5, 0.6) is 0 Å². The zero-order valence-corrected chi connectivity index (χ0v) is 12.9. The highest BCUT2D eigenvalue weighted by Crippen LogP contribution is 2.16. The van der Waals surface area contributed by atoms with Crippen molar-refractivity contribution >= 4 is 15.8 Å². The number of hydrogen-bond donors (Lipinski definition) is 0. The summed E-state index contributed by atoms with van der Waals surface area (Å²) in [6, 6.07) is 6.00. The Balaban J connectivity index is 2.92. The quantitative estimate of drug-likeness (QED) is 0.543. The lowest BCUT2D eigenvalue weighted by Gasteiger charge is -2.20. The fraction of sp³-hybridized carbons (Fsp3) is 0.500. The van der Waals surface area contributed by atoms with Crippen molar-refractivity contribution in [3.8, 4) is 0 Å². The van der Waals surface area contributed by atoms with Crippen molar-refractivity contribution in [1.82, 2.24) is 4.31 Å². The van der Waals surface area contributed by atoms with Crippen LogP contribution in [0.4, 0.5) is 0 Å². The Bertz CT molecular complexity index is 537. The standard InChI is InChI=1S/C14H21NO4S/c1-4-15(10-11-19-5-2)20(17,18)14-8-6-13(7-9-14)12(3)16/h6-9H,4-5,10-11H2,1-3H3. The summed E-state index contributed by atoms with van der Waals surface area (Å²) in [4.78, 5) is 11.4. The predicted octanol–water partition coefficient (Wildman–Crippen LogP) is 1.94. The smallest absolute Gasteiger partial charge is 0.243 e. The lowest BCUT2D eigenvalue weighted by Crippen LogP contribution is -2.33. The van der Waals surface area contributed by atoms with Crippen molar-refractivity contribution < 1.29 is 17.9 Å². The van der Waals surface area contributed by atoms with Crippen LogP contribution in [0.1, 0.15) is 31.1 Å². The first kappa shape index (κ1) is 16.8. The van der Waals surface area contributed by atoms with Crippen molar-refractivity contribution in [2.45, 2.75) is 25.7 Å². The number of hydrogen-bond acceptors (Lipinski definition) is 4. The highest BCUT2D eigenvalue weighted by molar-refractivity contribution is 7.89. The van der Waals surface area contributed by atoms with E-state index in [1.54, 1.807) is 6.92 Å². The van der Waals surface area contributed by atoms with Crippen LogP contribution in [-0.2, 0) is 14.8 Å². The van der Waals surface area contributed by atoms with Crippen LogP contribution in [0.2, 0.25) is 0 Å². The average molecular weight is 299 g/mol. The van der Waals surface area contributed by atoms with Gasteiger partial charge in [-0.05, 0) is 26.0 Å². The first-order valence-electron chi connectivity index (χ1n) is 6.62. The third kappa shape index (κ3) is 4.13. The molecule has 6 heteroatoms. The first-order valence-corrected chi connectivity index (χ1v) is 8.06. The maximum Gasteiger partial charge on any atom is 0.243 e. The summed E-state index contributed by atoms with van der Waals surface area (Å²) in [5.41, 5.74) is 0.501. The number of likely N-dealkylation sites (N-methyl/N-ethyl adjacent to an activating group) is 1. The normalized spacial score (nSPS) is 11.8. The summed E-state index contributed by atoms with van der Waals surface area (Å²) in [6.07, 6.45) is 0. The van der Waals surface area contributed by atoms with Gasteiger partial charge in [-0.15, -0.1) is 0 Å². The summed E-state index contributed by atoms with van der Waals surface area (Å²) < 4.78 is 31.4. The van der Waals surface area contributed by atoms with E-state index in [1.807, 2.05) is 6.92 Å². The van der Waals surface area contributed by atoms with Crippen molar-refractivity contribution in [1.29, 1.82) is 0 Å². The maximum atomic E-state index is 12.4. The van der Waals surface area contributed by atoms with Gasteiger partial charge in [-0.25, -0.2) is 8.42 Å². The number of carbonyl (C=O) groups is 1. The van der Waals surface area contributed by atoms with Crippen molar-refractivity contribution in [2.24, 2.45) is 0 Å². The number of Topliss-reactive ketones (excluding diaryl/α,β-unsaturated/α-hetero) is 1. The molecule has 0 N–H and O–H groups in total. The summed E-state index contributed by atoms with van der Waals surface area (Å²) in [6.45, 7) is 6.73. The van der Waals surface area contributed by atoms with Gasteiger partial charge in [0.2, 0.25) is 10.0 Å². The van der Waals surface area contributed by atoms with Crippen molar-refractivity contribution in [3.63, 3.8) is 0 Å². The van der Waals surface area contributed by atoms with Crippen LogP contribution in [-0.4, -0.2) is 44.8 Å². The molecule has 0 saturated carbocycles. The van der Waals surface area contributed by atoms with E-state index in [4.69, 9.17) is 4.74 Å². The first-order chi connectivity index (χ1) is 9.43. The van der Waals surface area contributed by atoms with Gasteiger partial charge in [0.1, 0.15) is 0 Å². The van der Waals surface area contributed by atoms with Crippen LogP contribution in [0.25, 0.3) is 0 Å². The largest absolute Gasteiger partial charge is 0.380 e. The maximum absolute atomic E-state index is 12.4. The molecule has 0 atom stereocenters. The molecule has 20 heavy (non-hydrogen) atoms. The number of rotatable bonds is 8. The van der Waals surface area contributed by atoms with Gasteiger partial charge in [0.15, 0.2) is 5.78 Å². The van der Waals surface area contributed by atoms with Crippen molar-refractivity contribution in [2.75, 3.05) is 26.3 Å². The third-order valence-corrected chi connectivity index (χ3v) is 4.93. The van der Waals surface area contributed by atoms with Crippen LogP contribution < -0.4 is 0 Å². The molecule has 5 nitrogen and oxygen atoms in total. The summed E-state index contributed by atoms with van der Waals surface area (Å²) in [5, 5.41) is 0. The summed E-state index contributed by atoms with van der Waals surface area (Å²) in [7, 11) is -3.53. The predicted molar refractivity (Wildman–Crippen MR) is 77.4 cm³/mol. The van der Waals surface area contributed by atoms with Gasteiger partial charge >= 0.3 is 0 Å². The molecule has 0 radical (unpaired) electrons. The molecule has 0 saturated heterocycles. The van der Waals surface area contributed by atoms with Gasteiger partial charge in [0, 0.05) is 25.3 Å². The van der Waals surface area contributed by atoms with E-state index in [0.29, 0.717) is 31.9 Å². The molecule has 0 bridgehead atoms. The van der Waals surface area contributed by atoms with E-state index in [9.17, 15) is 13.2 Å². The molecule has 0 aromatic heterocycles. The number of ether oxygens (including phenoxy) is 1. The van der Waals surface area contributed by atoms with Crippen molar-refractivity contribution in [3.05, 3.63) is 29.8 Å². The molecule has 0 aliphatic carbocycles. The minimum Gasteiger partial charge on any atom is -0.380 e. The number of carbonyl (C=O) groups excluding carboxylic acids is 1. The minimum absolute atomic E-state index is 0.0855. The van der Waals surface area contributed by atoms with Crippen LogP contribution in [0.3, 0.4) is 0 Å². The summed E-state index contributed by atoms with van der Waals surface area (Å²) in [5.74, 6) is -0.0855. The van der Waals surface area contributed by atoms with E-state index < -0.39 is 10.0 Å². The Morgan fingerprint density at radius 2 is 1.80 bits per heavy atom. The third-order valence-electron chi connectivity index (χ3n) is 2.94. The molecule has 0 amide bonds. The minimum atomic E-state index is -3.53. The zero-order chi connectivity index (χ0) is 15.2. The SMILES string of the molecule is CCOCCN(CC)S(=O)(=O)c1ccc(C(C)=O)cc1. The molecular formula is C14H21NO4S. The van der Waals surface area contributed by atoms with Gasteiger partial charge in [-0.1, -0.05) is 19.1 Å². The Kier molecular flexibility index (Phi) is 6.32. The number of benzene rings is 1. The Morgan fingerprint density at radius 1 is 1.20 bits per heavy atom. The zero-order valence-electron chi connectivity index (χ0n) is 12.1. The van der Waals surface area contributed by atoms with Crippen LogP contribution in [0, 0.1) is 0 Å². The van der Waals surface area contributed by atoms with Gasteiger partial charge in [-0.3, -0.25) is 4.79 Å². The van der Waals surface area contributed by atoms with E-state index in [2.05, 4.69) is 0 Å². The average Bonchev–Trinajstić information content (AvgIpc) is 2.43. The second kappa shape index (κ2) is 7.52. The van der Waals surface area contributed by atoms with E-state index in [-0.39, 0.29) is 10.7 Å². The molecule has 0 fully saturated rings. The van der Waals surface area contributed by atoms with Gasteiger partial charge in [0.05, 0.1) is 11.5 Å². The topological polar surface area (TPSA) is 63.7 Å².